The number of likely N-dealkylation sites (N-methyl/N-ethyl adjacent to an activating group) is 1. The second-order valence-electron chi connectivity index (χ2n) is 6.52. The van der Waals surface area contributed by atoms with Crippen LogP contribution < -0.4 is 10.1 Å². The Morgan fingerprint density at radius 1 is 1.22 bits per heavy atom. The highest BCUT2D eigenvalue weighted by Crippen LogP contribution is 2.23. The molecule has 0 aliphatic heterocycles. The Morgan fingerprint density at radius 2 is 1.74 bits per heavy atom. The molecule has 23 heavy (non-hydrogen) atoms. The van der Waals surface area contributed by atoms with Crippen molar-refractivity contribution in [3.8, 4) is 5.75 Å². The second-order valence-corrected chi connectivity index (χ2v) is 6.52. The Balaban J connectivity index is 2.63. The molecule has 0 spiro atoms. The lowest BCUT2D eigenvalue weighted by atomic mass is 10.1. The van der Waals surface area contributed by atoms with Crippen molar-refractivity contribution in [3.05, 3.63) is 29.8 Å². The summed E-state index contributed by atoms with van der Waals surface area (Å²) in [6.45, 7) is 7.91. The van der Waals surface area contributed by atoms with E-state index in [-0.39, 0.29) is 23.2 Å². The van der Waals surface area contributed by atoms with Gasteiger partial charge in [0.15, 0.2) is 0 Å². The Bertz CT molecular complexity index is 522. The molecule has 4 nitrogen and oxygen atoms in total. The lowest BCUT2D eigenvalue weighted by Gasteiger charge is -2.28. The first-order chi connectivity index (χ1) is 10.4. The van der Waals surface area contributed by atoms with Gasteiger partial charge in [-0.05, 0) is 52.4 Å². The van der Waals surface area contributed by atoms with E-state index in [2.05, 4.69) is 10.1 Å². The van der Waals surface area contributed by atoms with Crippen molar-refractivity contribution in [3.63, 3.8) is 0 Å². The molecular weight excluding hydrogens is 309 g/mol. The number of rotatable bonds is 5. The number of hydrogen-bond acceptors (Lipinski definition) is 3. The zero-order valence-corrected chi connectivity index (χ0v) is 14.0. The van der Waals surface area contributed by atoms with Crippen molar-refractivity contribution in [1.29, 1.82) is 0 Å². The summed E-state index contributed by atoms with van der Waals surface area (Å²) < 4.78 is 40.1. The van der Waals surface area contributed by atoms with E-state index in [0.29, 0.717) is 6.54 Å². The SMILES string of the molecule is CC(C(=O)NC(C)(C)C)N(C)Cc1ccc(OC(F)(F)F)cc1. The van der Waals surface area contributed by atoms with Crippen LogP contribution in [0.4, 0.5) is 13.2 Å². The van der Waals surface area contributed by atoms with Crippen LogP contribution in [0.3, 0.4) is 0 Å². The van der Waals surface area contributed by atoms with E-state index < -0.39 is 6.36 Å². The largest absolute Gasteiger partial charge is 0.573 e. The monoisotopic (exact) mass is 332 g/mol. The summed E-state index contributed by atoms with van der Waals surface area (Å²) in [6.07, 6.45) is -4.70. The van der Waals surface area contributed by atoms with Crippen LogP contribution in [0.25, 0.3) is 0 Å². The first-order valence-electron chi connectivity index (χ1n) is 7.24. The highest BCUT2D eigenvalue weighted by molar-refractivity contribution is 5.81. The van der Waals surface area contributed by atoms with E-state index in [1.54, 1.807) is 26.1 Å². The van der Waals surface area contributed by atoms with Gasteiger partial charge in [-0.15, -0.1) is 13.2 Å². The smallest absolute Gasteiger partial charge is 0.406 e. The molecule has 0 aliphatic rings. The van der Waals surface area contributed by atoms with Crippen LogP contribution in [0.5, 0.6) is 5.75 Å². The number of benzene rings is 1. The summed E-state index contributed by atoms with van der Waals surface area (Å²) in [7, 11) is 1.78. The van der Waals surface area contributed by atoms with Crippen molar-refractivity contribution in [2.45, 2.75) is 52.2 Å². The van der Waals surface area contributed by atoms with Gasteiger partial charge in [0.05, 0.1) is 6.04 Å². The Morgan fingerprint density at radius 3 is 2.17 bits per heavy atom. The van der Waals surface area contributed by atoms with E-state index in [0.717, 1.165) is 5.56 Å². The van der Waals surface area contributed by atoms with Crippen LogP contribution in [-0.2, 0) is 11.3 Å². The molecule has 1 atom stereocenters. The number of hydrogen-bond donors (Lipinski definition) is 1. The van der Waals surface area contributed by atoms with Crippen LogP contribution in [0.2, 0.25) is 0 Å². The maximum absolute atomic E-state index is 12.1. The van der Waals surface area contributed by atoms with Crippen LogP contribution in [-0.4, -0.2) is 35.8 Å². The molecule has 0 radical (unpaired) electrons. The van der Waals surface area contributed by atoms with Gasteiger partial charge in [0, 0.05) is 12.1 Å². The van der Waals surface area contributed by atoms with Gasteiger partial charge in [-0.1, -0.05) is 12.1 Å². The quantitative estimate of drug-likeness (QED) is 0.899. The third-order valence-corrected chi connectivity index (χ3v) is 3.13. The number of nitrogens with zero attached hydrogens (tertiary/aromatic N) is 1. The number of alkyl halides is 3. The zero-order valence-electron chi connectivity index (χ0n) is 14.0. The summed E-state index contributed by atoms with van der Waals surface area (Å²) in [6, 6.07) is 5.26. The number of nitrogens with one attached hydrogen (secondary N) is 1. The fourth-order valence-corrected chi connectivity index (χ4v) is 1.90. The molecule has 0 aliphatic carbocycles. The maximum Gasteiger partial charge on any atom is 0.573 e. The highest BCUT2D eigenvalue weighted by atomic mass is 19.4. The Labute approximate surface area is 134 Å². The molecule has 0 fully saturated rings. The molecule has 1 amide bonds. The highest BCUT2D eigenvalue weighted by Gasteiger charge is 2.31. The van der Waals surface area contributed by atoms with Crippen molar-refractivity contribution in [2.75, 3.05) is 7.05 Å². The van der Waals surface area contributed by atoms with E-state index in [1.807, 2.05) is 25.7 Å². The van der Waals surface area contributed by atoms with Crippen molar-refractivity contribution in [2.24, 2.45) is 0 Å². The number of carbonyl (C=O) groups excluding carboxylic acids is 1. The fraction of sp³-hybridized carbons (Fsp3) is 0.562. The topological polar surface area (TPSA) is 41.6 Å². The summed E-state index contributed by atoms with van der Waals surface area (Å²) >= 11 is 0. The first-order valence-corrected chi connectivity index (χ1v) is 7.24. The van der Waals surface area contributed by atoms with E-state index in [1.165, 1.54) is 12.1 Å². The molecule has 1 aromatic carbocycles. The maximum atomic E-state index is 12.1. The molecule has 1 N–H and O–H groups in total. The van der Waals surface area contributed by atoms with E-state index >= 15 is 0 Å². The van der Waals surface area contributed by atoms with Gasteiger partial charge in [-0.2, -0.15) is 0 Å². The van der Waals surface area contributed by atoms with Crippen LogP contribution >= 0.6 is 0 Å². The molecular formula is C16H23F3N2O2. The molecule has 1 aromatic rings. The minimum atomic E-state index is -4.70. The summed E-state index contributed by atoms with van der Waals surface area (Å²) in [5.41, 5.74) is 0.473. The normalized spacial score (nSPS) is 13.8. The molecule has 0 heterocycles. The van der Waals surface area contributed by atoms with Gasteiger partial charge in [-0.3, -0.25) is 9.69 Å². The minimum absolute atomic E-state index is 0.1000. The van der Waals surface area contributed by atoms with Gasteiger partial charge in [-0.25, -0.2) is 0 Å². The average Bonchev–Trinajstić information content (AvgIpc) is 2.36. The molecule has 0 saturated carbocycles. The van der Waals surface area contributed by atoms with Gasteiger partial charge in [0.1, 0.15) is 5.75 Å². The number of amides is 1. The molecule has 0 bridgehead atoms. The predicted molar refractivity (Wildman–Crippen MR) is 81.9 cm³/mol. The Kier molecular flexibility index (Phi) is 6.04. The van der Waals surface area contributed by atoms with Gasteiger partial charge >= 0.3 is 6.36 Å². The van der Waals surface area contributed by atoms with Crippen LogP contribution in [0.1, 0.15) is 33.3 Å². The third-order valence-electron chi connectivity index (χ3n) is 3.13. The number of carbonyl (C=O) groups is 1. The summed E-state index contributed by atoms with van der Waals surface area (Å²) in [4.78, 5) is 13.9. The summed E-state index contributed by atoms with van der Waals surface area (Å²) in [5.74, 6) is -0.362. The third kappa shape index (κ3) is 7.36. The summed E-state index contributed by atoms with van der Waals surface area (Å²) in [5, 5.41) is 2.89. The number of ether oxygens (including phenoxy) is 1. The second kappa shape index (κ2) is 7.21. The van der Waals surface area contributed by atoms with Crippen molar-refractivity contribution >= 4 is 5.91 Å². The molecule has 0 saturated heterocycles. The van der Waals surface area contributed by atoms with Gasteiger partial charge < -0.3 is 10.1 Å². The fourth-order valence-electron chi connectivity index (χ4n) is 1.90. The van der Waals surface area contributed by atoms with Crippen LogP contribution in [0, 0.1) is 0 Å². The number of halogens is 3. The lowest BCUT2D eigenvalue weighted by molar-refractivity contribution is -0.274. The van der Waals surface area contributed by atoms with E-state index in [4.69, 9.17) is 0 Å². The lowest BCUT2D eigenvalue weighted by Crippen LogP contribution is -2.49. The van der Waals surface area contributed by atoms with E-state index in [9.17, 15) is 18.0 Å². The van der Waals surface area contributed by atoms with Crippen molar-refractivity contribution in [1.82, 2.24) is 10.2 Å². The zero-order chi connectivity index (χ0) is 17.8. The molecule has 7 heteroatoms. The van der Waals surface area contributed by atoms with Gasteiger partial charge in [0.2, 0.25) is 5.91 Å². The standard InChI is InChI=1S/C16H23F3N2O2/c1-11(14(22)20-15(2,3)4)21(5)10-12-6-8-13(9-7-12)23-16(17,18)19/h6-9,11H,10H2,1-5H3,(H,20,22). The first kappa shape index (κ1) is 19.3. The molecule has 0 aromatic heterocycles. The predicted octanol–water partition coefficient (Wildman–Crippen LogP) is 3.32. The Hall–Kier alpha value is -1.76. The van der Waals surface area contributed by atoms with Gasteiger partial charge in [0.25, 0.3) is 0 Å². The molecule has 130 valence electrons. The average molecular weight is 332 g/mol. The molecule has 1 rings (SSSR count). The minimum Gasteiger partial charge on any atom is -0.406 e. The molecule has 1 unspecified atom stereocenters. The van der Waals surface area contributed by atoms with Crippen LogP contribution in [0.15, 0.2) is 24.3 Å². The van der Waals surface area contributed by atoms with Crippen molar-refractivity contribution < 1.29 is 22.7 Å².